The minimum atomic E-state index is -4.18. The van der Waals surface area contributed by atoms with E-state index in [9.17, 15) is 9.46 Å². The average Bonchev–Trinajstić information content (AvgIpc) is 2.01. The SMILES string of the molecule is C[N+](C)(C)CCOP(=O)([O-])OCCCO. The van der Waals surface area contributed by atoms with Crippen LogP contribution < -0.4 is 4.89 Å². The number of nitrogens with zero attached hydrogens (tertiary/aromatic N) is 1. The minimum Gasteiger partial charge on any atom is -0.756 e. The van der Waals surface area contributed by atoms with E-state index in [2.05, 4.69) is 9.05 Å². The molecule has 7 heteroatoms. The van der Waals surface area contributed by atoms with Crippen molar-refractivity contribution in [2.45, 2.75) is 6.42 Å². The predicted molar refractivity (Wildman–Crippen MR) is 54.1 cm³/mol. The highest BCUT2D eigenvalue weighted by Crippen LogP contribution is 2.37. The lowest BCUT2D eigenvalue weighted by Gasteiger charge is -2.27. The Morgan fingerprint density at radius 3 is 2.27 bits per heavy atom. The first kappa shape index (κ1) is 15.0. The first-order valence-corrected chi connectivity index (χ1v) is 6.24. The maximum Gasteiger partial charge on any atom is 0.268 e. The zero-order chi connectivity index (χ0) is 11.9. The third kappa shape index (κ3) is 10.3. The highest BCUT2D eigenvalue weighted by Gasteiger charge is 2.12. The summed E-state index contributed by atoms with van der Waals surface area (Å²) in [5, 5.41) is 8.43. The van der Waals surface area contributed by atoms with Gasteiger partial charge in [0.05, 0.1) is 27.7 Å². The van der Waals surface area contributed by atoms with Crippen LogP contribution in [0.1, 0.15) is 6.42 Å². The van der Waals surface area contributed by atoms with Crippen LogP contribution in [0.4, 0.5) is 0 Å². The molecule has 0 radical (unpaired) electrons. The molecular weight excluding hydrogens is 221 g/mol. The van der Waals surface area contributed by atoms with E-state index in [-0.39, 0.29) is 26.2 Å². The molecule has 1 unspecified atom stereocenters. The third-order valence-electron chi connectivity index (χ3n) is 1.56. The van der Waals surface area contributed by atoms with Gasteiger partial charge in [0, 0.05) is 6.61 Å². The molecule has 0 saturated carbocycles. The Kier molecular flexibility index (Phi) is 6.59. The second-order valence-corrected chi connectivity index (χ2v) is 5.62. The quantitative estimate of drug-likeness (QED) is 0.354. The molecule has 0 aliphatic heterocycles. The molecule has 15 heavy (non-hydrogen) atoms. The van der Waals surface area contributed by atoms with Crippen LogP contribution in [0.15, 0.2) is 0 Å². The molecule has 0 saturated heterocycles. The van der Waals surface area contributed by atoms with Crippen molar-refractivity contribution in [1.29, 1.82) is 0 Å². The lowest BCUT2D eigenvalue weighted by molar-refractivity contribution is -0.870. The fourth-order valence-corrected chi connectivity index (χ4v) is 1.44. The van der Waals surface area contributed by atoms with Gasteiger partial charge in [0.2, 0.25) is 0 Å². The van der Waals surface area contributed by atoms with Crippen molar-refractivity contribution in [3.63, 3.8) is 0 Å². The molecule has 0 aliphatic carbocycles. The largest absolute Gasteiger partial charge is 0.756 e. The van der Waals surface area contributed by atoms with Crippen LogP contribution in [0.3, 0.4) is 0 Å². The van der Waals surface area contributed by atoms with Crippen molar-refractivity contribution < 1.29 is 28.1 Å². The number of hydrogen-bond donors (Lipinski definition) is 1. The number of likely N-dealkylation sites (N-methyl/N-ethyl adjacent to an activating group) is 1. The molecule has 0 aliphatic rings. The molecule has 0 amide bonds. The summed E-state index contributed by atoms with van der Waals surface area (Å²) < 4.78 is 20.8. The molecule has 1 N–H and O–H groups in total. The summed E-state index contributed by atoms with van der Waals surface area (Å²) in [7, 11) is 1.63. The van der Waals surface area contributed by atoms with E-state index in [0.717, 1.165) is 0 Å². The van der Waals surface area contributed by atoms with E-state index in [1.165, 1.54) is 0 Å². The van der Waals surface area contributed by atoms with Gasteiger partial charge in [0.15, 0.2) is 0 Å². The number of quaternary nitrogens is 1. The number of aliphatic hydroxyl groups excluding tert-OH is 1. The summed E-state index contributed by atoms with van der Waals surface area (Å²) in [5.74, 6) is 0. The van der Waals surface area contributed by atoms with Gasteiger partial charge in [-0.1, -0.05) is 0 Å². The average molecular weight is 241 g/mol. The maximum absolute atomic E-state index is 11.1. The Morgan fingerprint density at radius 1 is 1.27 bits per heavy atom. The van der Waals surface area contributed by atoms with Crippen LogP contribution in [-0.4, -0.2) is 57.1 Å². The van der Waals surface area contributed by atoms with Crippen LogP contribution in [0.5, 0.6) is 0 Å². The number of phosphoric acid groups is 1. The molecule has 0 aromatic heterocycles. The van der Waals surface area contributed by atoms with Crippen molar-refractivity contribution in [3.05, 3.63) is 0 Å². The lowest BCUT2D eigenvalue weighted by Crippen LogP contribution is -2.37. The van der Waals surface area contributed by atoms with Crippen molar-refractivity contribution in [2.24, 2.45) is 0 Å². The minimum absolute atomic E-state index is 0.0400. The summed E-state index contributed by atoms with van der Waals surface area (Å²) >= 11 is 0. The number of phosphoric ester groups is 1. The van der Waals surface area contributed by atoms with Gasteiger partial charge in [-0.3, -0.25) is 4.57 Å². The standard InChI is InChI=1S/C8H20NO5P/c1-9(2,3)5-8-14-15(11,12)13-7-4-6-10/h10H,4-8H2,1-3H3. The van der Waals surface area contributed by atoms with Gasteiger partial charge in [0.25, 0.3) is 7.82 Å². The topological polar surface area (TPSA) is 78.8 Å². The molecular formula is C8H20NO5P. The van der Waals surface area contributed by atoms with E-state index in [4.69, 9.17) is 5.11 Å². The molecule has 0 spiro atoms. The van der Waals surface area contributed by atoms with Gasteiger partial charge in [-0.25, -0.2) is 0 Å². The van der Waals surface area contributed by atoms with E-state index < -0.39 is 7.82 Å². The fraction of sp³-hybridized carbons (Fsp3) is 1.00. The lowest BCUT2D eigenvalue weighted by atomic mass is 10.5. The number of rotatable bonds is 8. The second-order valence-electron chi connectivity index (χ2n) is 4.20. The van der Waals surface area contributed by atoms with Crippen molar-refractivity contribution in [2.75, 3.05) is 47.5 Å². The van der Waals surface area contributed by atoms with Crippen LogP contribution >= 0.6 is 7.82 Å². The second kappa shape index (κ2) is 6.58. The number of hydrogen-bond acceptors (Lipinski definition) is 5. The zero-order valence-electron chi connectivity index (χ0n) is 9.51. The summed E-state index contributed by atoms with van der Waals surface area (Å²) in [4.78, 5) is 11.1. The van der Waals surface area contributed by atoms with E-state index in [1.54, 1.807) is 0 Å². The highest BCUT2D eigenvalue weighted by molar-refractivity contribution is 7.45. The Hall–Kier alpha value is 0.0300. The molecule has 0 bridgehead atoms. The molecule has 92 valence electrons. The van der Waals surface area contributed by atoms with Crippen LogP contribution in [0.2, 0.25) is 0 Å². The van der Waals surface area contributed by atoms with Gasteiger partial charge >= 0.3 is 0 Å². The van der Waals surface area contributed by atoms with Crippen molar-refractivity contribution >= 4 is 7.82 Å². The van der Waals surface area contributed by atoms with Gasteiger partial charge in [-0.05, 0) is 6.42 Å². The fourth-order valence-electron chi connectivity index (χ4n) is 0.705. The molecule has 0 rings (SSSR count). The monoisotopic (exact) mass is 241 g/mol. The van der Waals surface area contributed by atoms with Gasteiger partial charge in [-0.15, -0.1) is 0 Å². The molecule has 0 fully saturated rings. The molecule has 6 nitrogen and oxygen atoms in total. The Bertz CT molecular complexity index is 216. The first-order chi connectivity index (χ1) is 6.77. The van der Waals surface area contributed by atoms with Gasteiger partial charge in [0.1, 0.15) is 13.2 Å². The Labute approximate surface area is 90.6 Å². The van der Waals surface area contributed by atoms with Crippen LogP contribution in [0, 0.1) is 0 Å². The Morgan fingerprint density at radius 2 is 1.80 bits per heavy atom. The van der Waals surface area contributed by atoms with Gasteiger partial charge < -0.3 is 23.5 Å². The van der Waals surface area contributed by atoms with E-state index in [1.807, 2.05) is 21.1 Å². The highest BCUT2D eigenvalue weighted by atomic mass is 31.2. The predicted octanol–water partition coefficient (Wildman–Crippen LogP) is -0.423. The Balaban J connectivity index is 3.69. The smallest absolute Gasteiger partial charge is 0.268 e. The van der Waals surface area contributed by atoms with Crippen LogP contribution in [0.25, 0.3) is 0 Å². The van der Waals surface area contributed by atoms with Crippen molar-refractivity contribution in [1.82, 2.24) is 0 Å². The summed E-state index contributed by atoms with van der Waals surface area (Å²) in [6.45, 7) is 0.541. The third-order valence-corrected chi connectivity index (χ3v) is 2.56. The summed E-state index contributed by atoms with van der Waals surface area (Å²) in [6, 6.07) is 0. The maximum atomic E-state index is 11.1. The number of aliphatic hydroxyl groups is 1. The van der Waals surface area contributed by atoms with Crippen molar-refractivity contribution in [3.8, 4) is 0 Å². The molecule has 0 aromatic rings. The first-order valence-electron chi connectivity index (χ1n) is 4.78. The van der Waals surface area contributed by atoms with Crippen LogP contribution in [-0.2, 0) is 13.6 Å². The summed E-state index contributed by atoms with van der Waals surface area (Å²) in [6.07, 6.45) is 0.283. The molecule has 0 heterocycles. The normalized spacial score (nSPS) is 16.3. The van der Waals surface area contributed by atoms with E-state index >= 15 is 0 Å². The zero-order valence-corrected chi connectivity index (χ0v) is 10.4. The van der Waals surface area contributed by atoms with E-state index in [0.29, 0.717) is 11.0 Å². The van der Waals surface area contributed by atoms with Gasteiger partial charge in [-0.2, -0.15) is 0 Å². The molecule has 1 atom stereocenters. The molecule has 0 aromatic carbocycles. The summed E-state index contributed by atoms with van der Waals surface area (Å²) in [5.41, 5.74) is 0.